The van der Waals surface area contributed by atoms with Gasteiger partial charge in [-0.3, -0.25) is 0 Å². The molecule has 0 rings (SSSR count). The highest BCUT2D eigenvalue weighted by Crippen LogP contribution is 2.27. The summed E-state index contributed by atoms with van der Waals surface area (Å²) < 4.78 is 56.2. The third kappa shape index (κ3) is 13.9. The summed E-state index contributed by atoms with van der Waals surface area (Å²) >= 11 is 0. The molecule has 0 saturated heterocycles. The average Bonchev–Trinajstić information content (AvgIpc) is 2.67. The van der Waals surface area contributed by atoms with Crippen LogP contribution in [0.2, 0.25) is 0 Å². The average molecular weight is 496 g/mol. The Labute approximate surface area is 200 Å². The fourth-order valence-corrected chi connectivity index (χ4v) is 4.48. The summed E-state index contributed by atoms with van der Waals surface area (Å²) in [7, 11) is -3.89. The minimum atomic E-state index is -3.89. The molecule has 0 aromatic heterocycles. The fourth-order valence-electron chi connectivity index (χ4n) is 3.02. The van der Waals surface area contributed by atoms with Crippen molar-refractivity contribution in [3.05, 3.63) is 12.2 Å². The third-order valence-electron chi connectivity index (χ3n) is 4.41. The maximum absolute atomic E-state index is 12.9. The van der Waals surface area contributed by atoms with Crippen molar-refractivity contribution >= 4 is 16.2 Å². The van der Waals surface area contributed by atoms with Crippen LogP contribution >= 0.6 is 0 Å². The first-order valence-corrected chi connectivity index (χ1v) is 13.4. The van der Waals surface area contributed by atoms with Crippen LogP contribution in [0.4, 0.5) is 4.79 Å². The second kappa shape index (κ2) is 15.7. The lowest BCUT2D eigenvalue weighted by atomic mass is 10.1. The van der Waals surface area contributed by atoms with Gasteiger partial charge in [0.25, 0.3) is 0 Å². The Kier molecular flexibility index (Phi) is 15.1. The molecule has 10 heteroatoms. The first-order chi connectivity index (χ1) is 15.3. The first kappa shape index (κ1) is 31.8. The summed E-state index contributed by atoms with van der Waals surface area (Å²) in [6.45, 7) is 15.7. The Balaban J connectivity index is 5.49. The zero-order valence-corrected chi connectivity index (χ0v) is 22.5. The molecule has 0 bridgehead atoms. The van der Waals surface area contributed by atoms with Gasteiger partial charge in [-0.05, 0) is 48.0 Å². The van der Waals surface area contributed by atoms with E-state index in [1.165, 1.54) is 0 Å². The molecule has 0 aliphatic heterocycles. The minimum absolute atomic E-state index is 0.243. The number of hydrogen-bond acceptors (Lipinski definition) is 8. The standard InChI is InChI=1S/C23H45NO8S/c1-9-13-16-28-17-14-15-19(5)24-33(26,27)18-20(31-21(25)32-22(6,7)8)23(10-2,29-11-3)30-12-4/h14-15,19-20,24H,9-13,16-18H2,1-8H3/b15-14-/t19-,20?/m1/s1. The molecule has 0 aromatic rings. The van der Waals surface area contributed by atoms with Gasteiger partial charge in [-0.15, -0.1) is 0 Å². The van der Waals surface area contributed by atoms with Gasteiger partial charge in [-0.25, -0.2) is 17.9 Å². The van der Waals surface area contributed by atoms with E-state index in [1.54, 1.807) is 60.6 Å². The molecular formula is C23H45NO8S. The summed E-state index contributed by atoms with van der Waals surface area (Å²) in [5.41, 5.74) is -0.802. The molecule has 0 aliphatic carbocycles. The van der Waals surface area contributed by atoms with Crippen molar-refractivity contribution in [2.24, 2.45) is 0 Å². The minimum Gasteiger partial charge on any atom is -0.429 e. The molecule has 1 N–H and O–H groups in total. The molecule has 0 radical (unpaired) electrons. The van der Waals surface area contributed by atoms with Gasteiger partial charge in [-0.1, -0.05) is 32.4 Å². The second-order valence-electron chi connectivity index (χ2n) is 8.65. The zero-order chi connectivity index (χ0) is 25.5. The summed E-state index contributed by atoms with van der Waals surface area (Å²) in [5, 5.41) is 0. The van der Waals surface area contributed by atoms with E-state index in [1.807, 2.05) is 0 Å². The molecule has 0 amide bonds. The molecule has 0 spiro atoms. The second-order valence-corrected chi connectivity index (χ2v) is 10.4. The van der Waals surface area contributed by atoms with Crippen LogP contribution in [-0.2, 0) is 33.7 Å². The molecule has 1 unspecified atom stereocenters. The number of hydrogen-bond donors (Lipinski definition) is 1. The van der Waals surface area contributed by atoms with E-state index in [9.17, 15) is 13.2 Å². The van der Waals surface area contributed by atoms with Gasteiger partial charge < -0.3 is 23.7 Å². The van der Waals surface area contributed by atoms with Crippen molar-refractivity contribution in [1.29, 1.82) is 0 Å². The van der Waals surface area contributed by atoms with Gasteiger partial charge in [0, 0.05) is 32.3 Å². The molecule has 0 fully saturated rings. The summed E-state index contributed by atoms with van der Waals surface area (Å²) in [5.74, 6) is -1.98. The molecule has 0 aromatic carbocycles. The number of rotatable bonds is 17. The molecule has 196 valence electrons. The summed E-state index contributed by atoms with van der Waals surface area (Å²) in [6.07, 6.45) is 3.55. The Morgan fingerprint density at radius 1 is 1.06 bits per heavy atom. The van der Waals surface area contributed by atoms with Crippen LogP contribution in [0, 0.1) is 0 Å². The van der Waals surface area contributed by atoms with Crippen molar-refractivity contribution in [2.45, 2.75) is 98.2 Å². The van der Waals surface area contributed by atoms with E-state index in [0.717, 1.165) is 12.8 Å². The van der Waals surface area contributed by atoms with Gasteiger partial charge in [-0.2, -0.15) is 0 Å². The predicted octanol–water partition coefficient (Wildman–Crippen LogP) is 4.17. The van der Waals surface area contributed by atoms with Crippen molar-refractivity contribution in [1.82, 2.24) is 4.72 Å². The van der Waals surface area contributed by atoms with Crippen molar-refractivity contribution in [3.8, 4) is 0 Å². The van der Waals surface area contributed by atoms with Gasteiger partial charge >= 0.3 is 6.16 Å². The lowest BCUT2D eigenvalue weighted by Gasteiger charge is -2.38. The van der Waals surface area contributed by atoms with E-state index < -0.39 is 45.5 Å². The maximum atomic E-state index is 12.9. The molecule has 9 nitrogen and oxygen atoms in total. The van der Waals surface area contributed by atoms with Crippen LogP contribution in [0.3, 0.4) is 0 Å². The Morgan fingerprint density at radius 3 is 2.15 bits per heavy atom. The SMILES string of the molecule is CCCCOC/C=C\[C@@H](C)NS(=O)(=O)CC(OC(=O)OC(C)(C)C)C(CC)(OCC)OCC. The Hall–Kier alpha value is -1.20. The van der Waals surface area contributed by atoms with E-state index >= 15 is 0 Å². The van der Waals surface area contributed by atoms with E-state index in [0.29, 0.717) is 13.2 Å². The Bertz CT molecular complexity index is 666. The first-order valence-electron chi connectivity index (χ1n) is 11.8. The largest absolute Gasteiger partial charge is 0.509 e. The molecule has 2 atom stereocenters. The molecule has 0 heterocycles. The lowest BCUT2D eigenvalue weighted by Crippen LogP contribution is -2.54. The molecule has 0 saturated carbocycles. The monoisotopic (exact) mass is 495 g/mol. The number of ether oxygens (including phenoxy) is 5. The van der Waals surface area contributed by atoms with E-state index in [-0.39, 0.29) is 19.6 Å². The maximum Gasteiger partial charge on any atom is 0.509 e. The molecule has 33 heavy (non-hydrogen) atoms. The number of carbonyl (C=O) groups excluding carboxylic acids is 1. The topological polar surface area (TPSA) is 109 Å². The summed E-state index contributed by atoms with van der Waals surface area (Å²) in [4.78, 5) is 12.4. The molecule has 0 aliphatic rings. The van der Waals surface area contributed by atoms with Crippen molar-refractivity contribution in [2.75, 3.05) is 32.2 Å². The third-order valence-corrected chi connectivity index (χ3v) is 5.88. The van der Waals surface area contributed by atoms with Gasteiger partial charge in [0.15, 0.2) is 6.10 Å². The predicted molar refractivity (Wildman–Crippen MR) is 129 cm³/mol. The van der Waals surface area contributed by atoms with Crippen molar-refractivity contribution < 1.29 is 36.9 Å². The Morgan fingerprint density at radius 2 is 1.67 bits per heavy atom. The highest BCUT2D eigenvalue weighted by atomic mass is 32.2. The highest BCUT2D eigenvalue weighted by molar-refractivity contribution is 7.89. The normalized spacial score (nSPS) is 14.9. The van der Waals surface area contributed by atoms with Crippen LogP contribution in [-0.4, -0.2) is 70.3 Å². The quantitative estimate of drug-likeness (QED) is 0.139. The van der Waals surface area contributed by atoms with Crippen LogP contribution in [0.25, 0.3) is 0 Å². The van der Waals surface area contributed by atoms with Gasteiger partial charge in [0.1, 0.15) is 11.4 Å². The van der Waals surface area contributed by atoms with Crippen LogP contribution in [0.1, 0.15) is 74.7 Å². The number of carbonyl (C=O) groups is 1. The summed E-state index contributed by atoms with van der Waals surface area (Å²) in [6, 6.07) is -0.484. The van der Waals surface area contributed by atoms with Crippen LogP contribution in [0.5, 0.6) is 0 Å². The van der Waals surface area contributed by atoms with E-state index in [4.69, 9.17) is 23.7 Å². The van der Waals surface area contributed by atoms with Crippen LogP contribution < -0.4 is 4.72 Å². The van der Waals surface area contributed by atoms with Gasteiger partial charge in [0.05, 0.1) is 6.61 Å². The lowest BCUT2D eigenvalue weighted by molar-refractivity contribution is -0.279. The highest BCUT2D eigenvalue weighted by Gasteiger charge is 2.45. The number of unbranched alkanes of at least 4 members (excludes halogenated alkanes) is 1. The fraction of sp³-hybridized carbons (Fsp3) is 0.870. The smallest absolute Gasteiger partial charge is 0.429 e. The zero-order valence-electron chi connectivity index (χ0n) is 21.6. The molecular weight excluding hydrogens is 450 g/mol. The van der Waals surface area contributed by atoms with Crippen molar-refractivity contribution in [3.63, 3.8) is 0 Å². The van der Waals surface area contributed by atoms with Crippen LogP contribution in [0.15, 0.2) is 12.2 Å². The number of sulfonamides is 1. The van der Waals surface area contributed by atoms with Gasteiger partial charge in [0.2, 0.25) is 15.8 Å². The van der Waals surface area contributed by atoms with E-state index in [2.05, 4.69) is 11.6 Å². The number of nitrogens with one attached hydrogen (secondary N) is 1.